The van der Waals surface area contributed by atoms with Crippen LogP contribution in [0.2, 0.25) is 5.02 Å². The van der Waals surface area contributed by atoms with Crippen LogP contribution in [0.4, 0.5) is 0 Å². The van der Waals surface area contributed by atoms with Gasteiger partial charge in [0.15, 0.2) is 0 Å². The zero-order valence-corrected chi connectivity index (χ0v) is 12.7. The molecule has 0 spiro atoms. The first-order valence-corrected chi connectivity index (χ1v) is 6.24. The summed E-state index contributed by atoms with van der Waals surface area (Å²) in [4.78, 5) is 11.5. The molecule has 0 saturated carbocycles. The van der Waals surface area contributed by atoms with Gasteiger partial charge in [-0.1, -0.05) is 23.7 Å². The molecule has 1 atom stereocenters. The summed E-state index contributed by atoms with van der Waals surface area (Å²) in [5.41, 5.74) is 0.957. The molecule has 0 aliphatic rings. The molecule has 0 aliphatic heterocycles. The quantitative estimate of drug-likeness (QED) is 0.812. The van der Waals surface area contributed by atoms with E-state index in [0.717, 1.165) is 5.56 Å². The maximum atomic E-state index is 11.5. The van der Waals surface area contributed by atoms with Crippen LogP contribution in [0.5, 0.6) is 0 Å². The van der Waals surface area contributed by atoms with E-state index in [4.69, 9.17) is 16.3 Å². The lowest BCUT2D eigenvalue weighted by atomic mass is 10.1. The van der Waals surface area contributed by atoms with Gasteiger partial charge >= 0.3 is 0 Å². The zero-order valence-electron chi connectivity index (χ0n) is 11.1. The van der Waals surface area contributed by atoms with Gasteiger partial charge in [0.1, 0.15) is 0 Å². The largest absolute Gasteiger partial charge is 0.375 e. The van der Waals surface area contributed by atoms with Crippen molar-refractivity contribution in [1.29, 1.82) is 0 Å². The summed E-state index contributed by atoms with van der Waals surface area (Å²) in [5.74, 6) is 0.00780. The van der Waals surface area contributed by atoms with E-state index in [9.17, 15) is 4.79 Å². The highest BCUT2D eigenvalue weighted by Gasteiger charge is 2.12. The zero-order chi connectivity index (χ0) is 13.4. The highest BCUT2D eigenvalue weighted by molar-refractivity contribution is 6.30. The third kappa shape index (κ3) is 6.78. The summed E-state index contributed by atoms with van der Waals surface area (Å²) in [7, 11) is 3.43. The van der Waals surface area contributed by atoms with E-state index in [1.54, 1.807) is 7.11 Å². The van der Waals surface area contributed by atoms with E-state index in [0.29, 0.717) is 24.5 Å². The Hall–Kier alpha value is -0.810. The predicted octanol–water partition coefficient (Wildman–Crippen LogP) is 2.18. The molecule has 108 valence electrons. The number of hydrogen-bond acceptors (Lipinski definition) is 3. The molecule has 1 aromatic rings. The van der Waals surface area contributed by atoms with Gasteiger partial charge < -0.3 is 15.4 Å². The van der Waals surface area contributed by atoms with Crippen molar-refractivity contribution in [3.05, 3.63) is 34.9 Å². The molecule has 2 N–H and O–H groups in total. The molecule has 0 heterocycles. The first-order chi connectivity index (χ1) is 8.67. The summed E-state index contributed by atoms with van der Waals surface area (Å²) in [5, 5.41) is 6.43. The van der Waals surface area contributed by atoms with E-state index >= 15 is 0 Å². The summed E-state index contributed by atoms with van der Waals surface area (Å²) in [6, 6.07) is 7.45. The average Bonchev–Trinajstić information content (AvgIpc) is 2.37. The monoisotopic (exact) mass is 306 g/mol. The first kappa shape index (κ1) is 18.2. The molecule has 19 heavy (non-hydrogen) atoms. The third-order valence-electron chi connectivity index (χ3n) is 2.59. The second kappa shape index (κ2) is 10.0. The second-order valence-corrected chi connectivity index (χ2v) is 4.37. The Morgan fingerprint density at radius 1 is 1.47 bits per heavy atom. The number of halogens is 2. The number of ether oxygens (including phenoxy) is 1. The number of benzene rings is 1. The molecule has 0 saturated heterocycles. The number of carbonyl (C=O) groups is 1. The molecule has 0 fully saturated rings. The van der Waals surface area contributed by atoms with Gasteiger partial charge in [0.25, 0.3) is 0 Å². The van der Waals surface area contributed by atoms with Gasteiger partial charge in [0, 0.05) is 31.6 Å². The van der Waals surface area contributed by atoms with Crippen molar-refractivity contribution >= 4 is 29.9 Å². The fourth-order valence-electron chi connectivity index (χ4n) is 1.58. The number of methoxy groups -OCH3 is 1. The van der Waals surface area contributed by atoms with Crippen molar-refractivity contribution < 1.29 is 9.53 Å². The van der Waals surface area contributed by atoms with E-state index in [-0.39, 0.29) is 24.4 Å². The van der Waals surface area contributed by atoms with Gasteiger partial charge in [0.05, 0.1) is 6.10 Å². The number of nitrogens with one attached hydrogen (secondary N) is 2. The van der Waals surface area contributed by atoms with Gasteiger partial charge in [-0.2, -0.15) is 0 Å². The van der Waals surface area contributed by atoms with Crippen molar-refractivity contribution in [3.63, 3.8) is 0 Å². The Labute approximate surface area is 125 Å². The molecular weight excluding hydrogens is 287 g/mol. The van der Waals surface area contributed by atoms with Crippen LogP contribution in [0.3, 0.4) is 0 Å². The Balaban J connectivity index is 0.00000324. The molecule has 1 rings (SSSR count). The van der Waals surface area contributed by atoms with Crippen molar-refractivity contribution in [2.75, 3.05) is 27.2 Å². The van der Waals surface area contributed by atoms with Crippen LogP contribution < -0.4 is 10.6 Å². The SMILES string of the molecule is CNCCC(=O)NCC(OC)c1cccc(Cl)c1.Cl. The number of carbonyl (C=O) groups excluding carboxylic acids is 1. The molecule has 4 nitrogen and oxygen atoms in total. The summed E-state index contributed by atoms with van der Waals surface area (Å²) < 4.78 is 5.36. The molecule has 1 aromatic carbocycles. The molecular formula is C13H20Cl2N2O2. The Kier molecular flexibility index (Phi) is 9.61. The minimum atomic E-state index is -0.178. The maximum Gasteiger partial charge on any atom is 0.221 e. The lowest BCUT2D eigenvalue weighted by Gasteiger charge is -2.16. The van der Waals surface area contributed by atoms with Gasteiger partial charge in [0.2, 0.25) is 5.91 Å². The number of amides is 1. The molecule has 0 aliphatic carbocycles. The topological polar surface area (TPSA) is 50.4 Å². The van der Waals surface area contributed by atoms with E-state index in [1.807, 2.05) is 31.3 Å². The Morgan fingerprint density at radius 2 is 2.21 bits per heavy atom. The van der Waals surface area contributed by atoms with Crippen molar-refractivity contribution in [1.82, 2.24) is 10.6 Å². The van der Waals surface area contributed by atoms with Crippen LogP contribution >= 0.6 is 24.0 Å². The molecule has 0 radical (unpaired) electrons. The molecule has 1 unspecified atom stereocenters. The number of hydrogen-bond donors (Lipinski definition) is 2. The highest BCUT2D eigenvalue weighted by Crippen LogP contribution is 2.19. The van der Waals surface area contributed by atoms with Crippen LogP contribution in [0.25, 0.3) is 0 Å². The van der Waals surface area contributed by atoms with E-state index in [2.05, 4.69) is 10.6 Å². The maximum absolute atomic E-state index is 11.5. The van der Waals surface area contributed by atoms with E-state index in [1.165, 1.54) is 0 Å². The van der Waals surface area contributed by atoms with Crippen LogP contribution in [0.15, 0.2) is 24.3 Å². The van der Waals surface area contributed by atoms with Crippen molar-refractivity contribution in [2.45, 2.75) is 12.5 Å². The smallest absolute Gasteiger partial charge is 0.221 e. The fraction of sp³-hybridized carbons (Fsp3) is 0.462. The minimum Gasteiger partial charge on any atom is -0.375 e. The van der Waals surface area contributed by atoms with Crippen LogP contribution in [0, 0.1) is 0 Å². The van der Waals surface area contributed by atoms with Crippen molar-refractivity contribution in [2.24, 2.45) is 0 Å². The van der Waals surface area contributed by atoms with Crippen molar-refractivity contribution in [3.8, 4) is 0 Å². The number of rotatable bonds is 7. The normalized spacial score (nSPS) is 11.5. The average molecular weight is 307 g/mol. The molecule has 6 heteroatoms. The summed E-state index contributed by atoms with van der Waals surface area (Å²) in [6.07, 6.45) is 0.282. The standard InChI is InChI=1S/C13H19ClN2O2.ClH/c1-15-7-6-13(17)16-9-12(18-2)10-4-3-5-11(14)8-10;/h3-5,8,12,15H,6-7,9H2,1-2H3,(H,16,17);1H. The lowest BCUT2D eigenvalue weighted by Crippen LogP contribution is -2.30. The first-order valence-electron chi connectivity index (χ1n) is 5.87. The molecule has 1 amide bonds. The lowest BCUT2D eigenvalue weighted by molar-refractivity contribution is -0.121. The predicted molar refractivity (Wildman–Crippen MR) is 80.0 cm³/mol. The minimum absolute atomic E-state index is 0. The van der Waals surface area contributed by atoms with Gasteiger partial charge in [-0.15, -0.1) is 12.4 Å². The summed E-state index contributed by atoms with van der Waals surface area (Å²) in [6.45, 7) is 1.11. The summed E-state index contributed by atoms with van der Waals surface area (Å²) >= 11 is 5.93. The van der Waals surface area contributed by atoms with Gasteiger partial charge in [-0.05, 0) is 24.7 Å². The van der Waals surface area contributed by atoms with Gasteiger partial charge in [-0.3, -0.25) is 4.79 Å². The second-order valence-electron chi connectivity index (χ2n) is 3.94. The molecule has 0 bridgehead atoms. The van der Waals surface area contributed by atoms with Crippen LogP contribution in [0.1, 0.15) is 18.1 Å². The Morgan fingerprint density at radius 3 is 2.79 bits per heavy atom. The van der Waals surface area contributed by atoms with Crippen LogP contribution in [-0.2, 0) is 9.53 Å². The highest BCUT2D eigenvalue weighted by atomic mass is 35.5. The van der Waals surface area contributed by atoms with Gasteiger partial charge in [-0.25, -0.2) is 0 Å². The van der Waals surface area contributed by atoms with E-state index < -0.39 is 0 Å². The fourth-order valence-corrected chi connectivity index (χ4v) is 1.78. The van der Waals surface area contributed by atoms with Crippen LogP contribution in [-0.4, -0.2) is 33.2 Å². The molecule has 0 aromatic heterocycles. The third-order valence-corrected chi connectivity index (χ3v) is 2.83. The Bertz CT molecular complexity index is 389.